The van der Waals surface area contributed by atoms with Crippen LogP contribution in [0.25, 0.3) is 0 Å². The predicted octanol–water partition coefficient (Wildman–Crippen LogP) is 3.22. The van der Waals surface area contributed by atoms with Crippen LogP contribution in [0.1, 0.15) is 23.5 Å². The summed E-state index contributed by atoms with van der Waals surface area (Å²) >= 11 is 0. The van der Waals surface area contributed by atoms with Crippen LogP contribution in [0.3, 0.4) is 0 Å². The molecule has 0 aliphatic heterocycles. The maximum absolute atomic E-state index is 4.53. The lowest BCUT2D eigenvalue weighted by Crippen LogP contribution is -2.30. The van der Waals surface area contributed by atoms with Gasteiger partial charge in [-0.3, -0.25) is 34.8 Å². The van der Waals surface area contributed by atoms with Crippen LogP contribution in [-0.2, 0) is 0 Å². The van der Waals surface area contributed by atoms with E-state index in [4.69, 9.17) is 0 Å². The number of hydrogen-bond acceptors (Lipinski definition) is 7. The van der Waals surface area contributed by atoms with Gasteiger partial charge in [-0.25, -0.2) is 0 Å². The van der Waals surface area contributed by atoms with E-state index >= 15 is 0 Å². The molecule has 7 nitrogen and oxygen atoms in total. The average molecular weight is 428 g/mol. The number of aliphatic imine (C=N–C) groups is 3. The Morgan fingerprint density at radius 2 is 1.00 bits per heavy atom. The van der Waals surface area contributed by atoms with Crippen molar-refractivity contribution in [2.45, 2.75) is 6.42 Å². The number of rotatable bonds is 13. The molecule has 0 spiro atoms. The second-order valence-electron chi connectivity index (χ2n) is 7.06. The van der Waals surface area contributed by atoms with Crippen LogP contribution < -0.4 is 0 Å². The van der Waals surface area contributed by atoms with Gasteiger partial charge in [0.2, 0.25) is 0 Å². The second-order valence-corrected chi connectivity index (χ2v) is 7.06. The van der Waals surface area contributed by atoms with Crippen LogP contribution in [0.4, 0.5) is 0 Å². The van der Waals surface area contributed by atoms with E-state index in [-0.39, 0.29) is 0 Å². The molecule has 32 heavy (non-hydrogen) atoms. The molecule has 3 aromatic heterocycles. The zero-order valence-corrected chi connectivity index (χ0v) is 18.2. The van der Waals surface area contributed by atoms with Crippen LogP contribution in [0.5, 0.6) is 0 Å². The van der Waals surface area contributed by atoms with Crippen LogP contribution in [0.2, 0.25) is 0 Å². The summed E-state index contributed by atoms with van der Waals surface area (Å²) < 4.78 is 0. The van der Waals surface area contributed by atoms with Crippen LogP contribution in [0, 0.1) is 0 Å². The number of nitrogens with zero attached hydrogens (tertiary/aromatic N) is 7. The zero-order chi connectivity index (χ0) is 22.1. The highest BCUT2D eigenvalue weighted by Gasteiger charge is 2.03. The van der Waals surface area contributed by atoms with E-state index in [1.807, 2.05) is 73.2 Å². The van der Waals surface area contributed by atoms with E-state index in [0.29, 0.717) is 0 Å². The molecule has 3 heterocycles. The van der Waals surface area contributed by atoms with E-state index in [1.165, 1.54) is 0 Å². The van der Waals surface area contributed by atoms with Gasteiger partial charge in [-0.15, -0.1) is 0 Å². The Hall–Kier alpha value is -3.58. The quantitative estimate of drug-likeness (QED) is 0.310. The third-order valence-electron chi connectivity index (χ3n) is 4.59. The summed E-state index contributed by atoms with van der Waals surface area (Å²) in [5.74, 6) is 0. The van der Waals surface area contributed by atoms with Gasteiger partial charge < -0.3 is 0 Å². The van der Waals surface area contributed by atoms with Crippen molar-refractivity contribution in [1.29, 1.82) is 0 Å². The van der Waals surface area contributed by atoms with E-state index in [9.17, 15) is 0 Å². The van der Waals surface area contributed by atoms with Gasteiger partial charge in [0.1, 0.15) is 0 Å². The number of aromatic nitrogens is 3. The third-order valence-corrected chi connectivity index (χ3v) is 4.59. The van der Waals surface area contributed by atoms with Crippen LogP contribution in [-0.4, -0.2) is 77.8 Å². The van der Waals surface area contributed by atoms with Gasteiger partial charge >= 0.3 is 0 Å². The number of pyridine rings is 3. The molecule has 0 atom stereocenters. The largest absolute Gasteiger partial charge is 0.300 e. The van der Waals surface area contributed by atoms with Gasteiger partial charge in [-0.1, -0.05) is 18.2 Å². The van der Waals surface area contributed by atoms with Crippen molar-refractivity contribution in [3.63, 3.8) is 0 Å². The van der Waals surface area contributed by atoms with E-state index in [1.54, 1.807) is 18.6 Å². The van der Waals surface area contributed by atoms with E-state index in [0.717, 1.165) is 62.8 Å². The standard InChI is InChI=1S/C25H29N7/c1-4-12-29-23(8-1)20-26-11-7-17-32(18-15-27-21-24-9-2-5-13-30-24)19-16-28-22-25-10-3-6-14-31-25/h1-6,8-10,12-14,20-22H,7,11,15-19H2. The fraction of sp³-hybridized carbons (Fsp3) is 0.280. The molecule has 0 aliphatic carbocycles. The molecule has 0 N–H and O–H groups in total. The maximum Gasteiger partial charge on any atom is 0.0807 e. The van der Waals surface area contributed by atoms with Crippen molar-refractivity contribution >= 4 is 18.6 Å². The first-order chi connectivity index (χ1) is 15.9. The lowest BCUT2D eigenvalue weighted by Gasteiger charge is -2.20. The molecule has 0 saturated carbocycles. The van der Waals surface area contributed by atoms with Gasteiger partial charge in [0.15, 0.2) is 0 Å². The van der Waals surface area contributed by atoms with Gasteiger partial charge in [0.05, 0.1) is 30.2 Å². The Bertz CT molecular complexity index is 904. The first-order valence-corrected chi connectivity index (χ1v) is 10.8. The summed E-state index contributed by atoms with van der Waals surface area (Å²) in [6, 6.07) is 17.5. The first-order valence-electron chi connectivity index (χ1n) is 10.8. The molecule has 3 aromatic rings. The minimum absolute atomic E-state index is 0.720. The molecule has 0 bridgehead atoms. The van der Waals surface area contributed by atoms with Gasteiger partial charge in [0, 0.05) is 63.4 Å². The van der Waals surface area contributed by atoms with Gasteiger partial charge in [-0.05, 0) is 42.8 Å². The monoisotopic (exact) mass is 427 g/mol. The van der Waals surface area contributed by atoms with E-state index in [2.05, 4.69) is 34.8 Å². The molecule has 0 aromatic carbocycles. The minimum Gasteiger partial charge on any atom is -0.300 e. The molecule has 0 fully saturated rings. The highest BCUT2D eigenvalue weighted by molar-refractivity contribution is 5.77. The van der Waals surface area contributed by atoms with Crippen LogP contribution in [0.15, 0.2) is 88.2 Å². The third kappa shape index (κ3) is 9.49. The molecule has 0 saturated heterocycles. The summed E-state index contributed by atoms with van der Waals surface area (Å²) in [6.07, 6.45) is 11.8. The molecule has 0 radical (unpaired) electrons. The fourth-order valence-electron chi connectivity index (χ4n) is 2.95. The minimum atomic E-state index is 0.720. The molecule has 0 aliphatic rings. The Balaban J connectivity index is 1.44. The Kier molecular flexibility index (Phi) is 10.4. The van der Waals surface area contributed by atoms with Crippen molar-refractivity contribution in [3.05, 3.63) is 90.3 Å². The van der Waals surface area contributed by atoms with Crippen molar-refractivity contribution in [2.75, 3.05) is 39.3 Å². The smallest absolute Gasteiger partial charge is 0.0807 e. The fourth-order valence-corrected chi connectivity index (χ4v) is 2.95. The number of hydrogen-bond donors (Lipinski definition) is 0. The average Bonchev–Trinajstić information content (AvgIpc) is 2.85. The lowest BCUT2D eigenvalue weighted by atomic mass is 10.3. The van der Waals surface area contributed by atoms with Crippen LogP contribution >= 0.6 is 0 Å². The lowest BCUT2D eigenvalue weighted by molar-refractivity contribution is 0.288. The normalized spacial score (nSPS) is 11.9. The maximum atomic E-state index is 4.53. The summed E-state index contributed by atoms with van der Waals surface area (Å²) in [7, 11) is 0. The van der Waals surface area contributed by atoms with Crippen molar-refractivity contribution in [3.8, 4) is 0 Å². The van der Waals surface area contributed by atoms with Gasteiger partial charge in [0.25, 0.3) is 0 Å². The van der Waals surface area contributed by atoms with E-state index < -0.39 is 0 Å². The van der Waals surface area contributed by atoms with Crippen molar-refractivity contribution in [2.24, 2.45) is 15.0 Å². The summed E-state index contributed by atoms with van der Waals surface area (Å²) in [5.41, 5.74) is 2.64. The second kappa shape index (κ2) is 14.4. The van der Waals surface area contributed by atoms with Gasteiger partial charge in [-0.2, -0.15) is 0 Å². The molecule has 164 valence electrons. The topological polar surface area (TPSA) is 79.0 Å². The zero-order valence-electron chi connectivity index (χ0n) is 18.2. The first kappa shape index (κ1) is 23.1. The molecule has 0 unspecified atom stereocenters. The SMILES string of the molecule is C(=NCCCN(CCN=Cc1ccccn1)CCN=Cc1ccccn1)c1ccccn1. The highest BCUT2D eigenvalue weighted by atomic mass is 15.1. The molecular weight excluding hydrogens is 398 g/mol. The Morgan fingerprint density at radius 3 is 1.41 bits per heavy atom. The Labute approximate surface area is 189 Å². The summed E-state index contributed by atoms with van der Waals surface area (Å²) in [4.78, 5) is 28.7. The van der Waals surface area contributed by atoms with Crippen molar-refractivity contribution < 1.29 is 0 Å². The molecular formula is C25H29N7. The highest BCUT2D eigenvalue weighted by Crippen LogP contribution is 1.96. The predicted molar refractivity (Wildman–Crippen MR) is 131 cm³/mol. The molecule has 0 amide bonds. The molecule has 3 rings (SSSR count). The Morgan fingerprint density at radius 1 is 0.562 bits per heavy atom. The summed E-state index contributed by atoms with van der Waals surface area (Å²) in [5, 5.41) is 0. The van der Waals surface area contributed by atoms with Crippen molar-refractivity contribution in [1.82, 2.24) is 19.9 Å². The molecule has 7 heteroatoms. The summed E-state index contributed by atoms with van der Waals surface area (Å²) in [6.45, 7) is 4.88.